The quantitative estimate of drug-likeness (QED) is 0.548. The molecule has 0 radical (unpaired) electrons. The topological polar surface area (TPSA) is 109 Å². The van der Waals surface area contributed by atoms with E-state index in [2.05, 4.69) is 4.72 Å². The van der Waals surface area contributed by atoms with Crippen molar-refractivity contribution in [3.8, 4) is 11.8 Å². The first kappa shape index (κ1) is 23.3. The second kappa shape index (κ2) is 11.3. The lowest BCUT2D eigenvalue weighted by atomic mass is 10.1. The van der Waals surface area contributed by atoms with E-state index in [1.54, 1.807) is 24.3 Å². The molecular weight excluding hydrogens is 406 g/mol. The van der Waals surface area contributed by atoms with Crippen LogP contribution in [0.15, 0.2) is 53.4 Å². The number of rotatable bonds is 11. The van der Waals surface area contributed by atoms with Crippen LogP contribution in [0.4, 0.5) is 5.69 Å². The summed E-state index contributed by atoms with van der Waals surface area (Å²) in [5, 5.41) is 8.95. The number of amides is 1. The molecule has 9 heteroatoms. The van der Waals surface area contributed by atoms with Crippen LogP contribution in [0.25, 0.3) is 0 Å². The van der Waals surface area contributed by atoms with E-state index in [0.29, 0.717) is 23.6 Å². The molecule has 0 spiro atoms. The summed E-state index contributed by atoms with van der Waals surface area (Å²) in [6, 6.07) is 14.7. The fourth-order valence-corrected chi connectivity index (χ4v) is 3.71. The number of sulfonamides is 1. The highest BCUT2D eigenvalue weighted by atomic mass is 32.2. The maximum Gasteiger partial charge on any atom is 0.258 e. The van der Waals surface area contributed by atoms with Gasteiger partial charge in [0.25, 0.3) is 5.91 Å². The Morgan fingerprint density at radius 2 is 1.80 bits per heavy atom. The number of methoxy groups -OCH3 is 1. The van der Waals surface area contributed by atoms with Gasteiger partial charge in [-0.2, -0.15) is 5.26 Å². The van der Waals surface area contributed by atoms with E-state index in [0.717, 1.165) is 0 Å². The standard InChI is InChI=1S/C21H25N3O5S/c1-3-29-19-9-7-18(8-10-19)24(15-4-13-22)21(25)17-5-11-20(12-6-17)30(26,27)23-14-16-28-2/h5-12,23H,3-4,14-16H2,1-2H3. The van der Waals surface area contributed by atoms with Crippen LogP contribution in [0.5, 0.6) is 5.75 Å². The molecule has 2 aromatic rings. The molecule has 0 unspecified atom stereocenters. The molecule has 0 bridgehead atoms. The molecule has 160 valence electrons. The Hall–Kier alpha value is -2.93. The number of anilines is 1. The van der Waals surface area contributed by atoms with Crippen LogP contribution in [0.1, 0.15) is 23.7 Å². The van der Waals surface area contributed by atoms with Crippen molar-refractivity contribution < 1.29 is 22.7 Å². The monoisotopic (exact) mass is 431 g/mol. The molecular formula is C21H25N3O5S. The Bertz CT molecular complexity index is 967. The molecule has 0 atom stereocenters. The minimum absolute atomic E-state index is 0.0554. The van der Waals surface area contributed by atoms with Gasteiger partial charge in [0.15, 0.2) is 0 Å². The third kappa shape index (κ3) is 6.29. The predicted octanol–water partition coefficient (Wildman–Crippen LogP) is 2.57. The van der Waals surface area contributed by atoms with Crippen LogP contribution in [0, 0.1) is 11.3 Å². The van der Waals surface area contributed by atoms with Gasteiger partial charge in [0.2, 0.25) is 10.0 Å². The van der Waals surface area contributed by atoms with Crippen molar-refractivity contribution in [2.75, 3.05) is 38.3 Å². The molecule has 1 N–H and O–H groups in total. The van der Waals surface area contributed by atoms with E-state index in [1.165, 1.54) is 36.3 Å². The smallest absolute Gasteiger partial charge is 0.258 e. The molecule has 1 amide bonds. The number of nitrogens with one attached hydrogen (secondary N) is 1. The van der Waals surface area contributed by atoms with E-state index < -0.39 is 10.0 Å². The van der Waals surface area contributed by atoms with Crippen molar-refractivity contribution in [2.45, 2.75) is 18.2 Å². The first-order valence-corrected chi connectivity index (χ1v) is 10.9. The van der Waals surface area contributed by atoms with Gasteiger partial charge in [-0.05, 0) is 55.5 Å². The number of carbonyl (C=O) groups excluding carboxylic acids is 1. The van der Waals surface area contributed by atoms with Gasteiger partial charge >= 0.3 is 0 Å². The predicted molar refractivity (Wildman–Crippen MR) is 113 cm³/mol. The zero-order chi connectivity index (χ0) is 22.0. The lowest BCUT2D eigenvalue weighted by Crippen LogP contribution is -2.32. The fourth-order valence-electron chi connectivity index (χ4n) is 2.69. The number of ether oxygens (including phenoxy) is 2. The summed E-state index contributed by atoms with van der Waals surface area (Å²) < 4.78 is 37.2. The lowest BCUT2D eigenvalue weighted by molar-refractivity contribution is 0.0987. The Morgan fingerprint density at radius 1 is 1.13 bits per heavy atom. The molecule has 8 nitrogen and oxygen atoms in total. The Morgan fingerprint density at radius 3 is 2.37 bits per heavy atom. The van der Waals surface area contributed by atoms with Crippen molar-refractivity contribution in [3.63, 3.8) is 0 Å². The number of nitriles is 1. The number of benzene rings is 2. The van der Waals surface area contributed by atoms with Gasteiger partial charge in [-0.1, -0.05) is 0 Å². The van der Waals surface area contributed by atoms with Crippen molar-refractivity contribution in [2.24, 2.45) is 0 Å². The molecule has 2 aromatic carbocycles. The number of carbonyl (C=O) groups is 1. The molecule has 2 rings (SSSR count). The largest absolute Gasteiger partial charge is 0.494 e. The summed E-state index contributed by atoms with van der Waals surface area (Å²) in [5.74, 6) is 0.357. The minimum atomic E-state index is -3.68. The van der Waals surface area contributed by atoms with Crippen molar-refractivity contribution in [1.82, 2.24) is 4.72 Å². The van der Waals surface area contributed by atoms with Gasteiger partial charge in [0, 0.05) is 31.5 Å². The molecule has 30 heavy (non-hydrogen) atoms. The van der Waals surface area contributed by atoms with Gasteiger partial charge in [-0.3, -0.25) is 4.79 Å². The van der Waals surface area contributed by atoms with Gasteiger partial charge in [-0.15, -0.1) is 0 Å². The van der Waals surface area contributed by atoms with E-state index in [-0.39, 0.29) is 36.9 Å². The highest BCUT2D eigenvalue weighted by Gasteiger charge is 2.19. The van der Waals surface area contributed by atoms with Crippen LogP contribution in [-0.2, 0) is 14.8 Å². The summed E-state index contributed by atoms with van der Waals surface area (Å²) in [4.78, 5) is 14.6. The van der Waals surface area contributed by atoms with Crippen LogP contribution in [0.2, 0.25) is 0 Å². The zero-order valence-electron chi connectivity index (χ0n) is 17.0. The summed E-state index contributed by atoms with van der Waals surface area (Å²) in [7, 11) is -2.20. The zero-order valence-corrected chi connectivity index (χ0v) is 17.8. The molecule has 0 heterocycles. The maximum atomic E-state index is 13.0. The van der Waals surface area contributed by atoms with Crippen molar-refractivity contribution >= 4 is 21.6 Å². The fraction of sp³-hybridized carbons (Fsp3) is 0.333. The third-order valence-corrected chi connectivity index (χ3v) is 5.64. The Kier molecular flexibility index (Phi) is 8.80. The Balaban J connectivity index is 2.22. The van der Waals surface area contributed by atoms with E-state index >= 15 is 0 Å². The van der Waals surface area contributed by atoms with Gasteiger partial charge in [0.1, 0.15) is 5.75 Å². The van der Waals surface area contributed by atoms with Crippen LogP contribution in [-0.4, -0.2) is 47.7 Å². The SMILES string of the molecule is CCOc1ccc(N(CCC#N)C(=O)c2ccc(S(=O)(=O)NCCOC)cc2)cc1. The molecule has 0 aliphatic rings. The maximum absolute atomic E-state index is 13.0. The van der Waals surface area contributed by atoms with Crippen LogP contribution >= 0.6 is 0 Å². The van der Waals surface area contributed by atoms with E-state index in [4.69, 9.17) is 14.7 Å². The molecule has 0 aliphatic carbocycles. The highest BCUT2D eigenvalue weighted by Crippen LogP contribution is 2.22. The molecule has 0 saturated carbocycles. The average Bonchev–Trinajstić information content (AvgIpc) is 2.75. The third-order valence-electron chi connectivity index (χ3n) is 4.16. The van der Waals surface area contributed by atoms with Crippen molar-refractivity contribution in [1.29, 1.82) is 5.26 Å². The second-order valence-corrected chi connectivity index (χ2v) is 7.97. The molecule has 0 fully saturated rings. The van der Waals surface area contributed by atoms with Crippen LogP contribution in [0.3, 0.4) is 0 Å². The molecule has 0 saturated heterocycles. The first-order valence-electron chi connectivity index (χ1n) is 9.43. The molecule has 0 aliphatic heterocycles. The number of hydrogen-bond donors (Lipinski definition) is 1. The van der Waals surface area contributed by atoms with Gasteiger partial charge in [-0.25, -0.2) is 13.1 Å². The summed E-state index contributed by atoms with van der Waals surface area (Å²) in [6.07, 6.45) is 0.162. The Labute approximate surface area is 177 Å². The summed E-state index contributed by atoms with van der Waals surface area (Å²) in [5.41, 5.74) is 0.939. The number of nitrogens with zero attached hydrogens (tertiary/aromatic N) is 2. The molecule has 0 aromatic heterocycles. The highest BCUT2D eigenvalue weighted by molar-refractivity contribution is 7.89. The van der Waals surface area contributed by atoms with E-state index in [1.807, 2.05) is 13.0 Å². The normalized spacial score (nSPS) is 11.0. The average molecular weight is 432 g/mol. The van der Waals surface area contributed by atoms with E-state index in [9.17, 15) is 13.2 Å². The van der Waals surface area contributed by atoms with Gasteiger partial charge in [0.05, 0.1) is 30.6 Å². The van der Waals surface area contributed by atoms with Crippen molar-refractivity contribution in [3.05, 3.63) is 54.1 Å². The number of hydrogen-bond acceptors (Lipinski definition) is 6. The van der Waals surface area contributed by atoms with Gasteiger partial charge < -0.3 is 14.4 Å². The summed E-state index contributed by atoms with van der Waals surface area (Å²) in [6.45, 7) is 3.03. The summed E-state index contributed by atoms with van der Waals surface area (Å²) >= 11 is 0. The first-order chi connectivity index (χ1) is 14.4. The lowest BCUT2D eigenvalue weighted by Gasteiger charge is -2.22. The minimum Gasteiger partial charge on any atom is -0.494 e. The van der Waals surface area contributed by atoms with Crippen LogP contribution < -0.4 is 14.4 Å². The second-order valence-electron chi connectivity index (χ2n) is 6.21.